The third kappa shape index (κ3) is 8.93. The van der Waals surface area contributed by atoms with E-state index in [1.54, 1.807) is 0 Å². The van der Waals surface area contributed by atoms with Gasteiger partial charge >= 0.3 is 0 Å². The molecule has 28 rings (SSSR count). The molecule has 0 unspecified atom stereocenters. The fourth-order valence-electron chi connectivity index (χ4n) is 22.0. The van der Waals surface area contributed by atoms with Crippen LogP contribution in [0.4, 0.5) is 0 Å². The Labute approximate surface area is 670 Å². The molecule has 0 amide bonds. The molecule has 4 aromatic heterocycles. The summed E-state index contributed by atoms with van der Waals surface area (Å²) < 4.78 is 34.8. The maximum Gasteiger partial charge on any atom is 0.292 e. The molecule has 116 heavy (non-hydrogen) atoms. The van der Waals surface area contributed by atoms with Gasteiger partial charge in [-0.05, 0) is 217 Å². The van der Waals surface area contributed by atoms with E-state index in [2.05, 4.69) is 365 Å². The molecule has 0 radical (unpaired) electrons. The molecule has 8 nitrogen and oxygen atoms in total. The second-order valence-electron chi connectivity index (χ2n) is 35.5. The fraction of sp³-hybridized carbons (Fsp3) is 0.148. The van der Waals surface area contributed by atoms with Crippen molar-refractivity contribution in [1.82, 2.24) is 0 Å². The number of rotatable bonds is 0. The molecule has 8 heteroatoms. The maximum absolute atomic E-state index is 6.52. The zero-order valence-corrected chi connectivity index (χ0v) is 66.0. The Morgan fingerprint density at radius 2 is 0.466 bits per heavy atom. The molecule has 4 aliphatic carbocycles. The topological polar surface area (TPSA) is 52.4 Å². The van der Waals surface area contributed by atoms with Crippen molar-refractivity contribution in [1.29, 1.82) is 0 Å². The van der Waals surface area contributed by atoms with Gasteiger partial charge in [0.1, 0.15) is 23.0 Å². The van der Waals surface area contributed by atoms with Crippen LogP contribution in [0.25, 0.3) is 174 Å². The lowest BCUT2D eigenvalue weighted by Gasteiger charge is -2.22. The van der Waals surface area contributed by atoms with Crippen LogP contribution >= 0.6 is 0 Å². The zero-order chi connectivity index (χ0) is 77.3. The highest BCUT2D eigenvalue weighted by Gasteiger charge is 2.52. The first-order valence-electron chi connectivity index (χ1n) is 40.9. The van der Waals surface area contributed by atoms with E-state index in [-0.39, 0.29) is 21.7 Å². The molecule has 8 heterocycles. The zero-order valence-electron chi connectivity index (χ0n) is 66.0. The number of fused-ring (bicyclic) bond motifs is 19. The van der Waals surface area contributed by atoms with Crippen LogP contribution in [0.2, 0.25) is 0 Å². The molecule has 8 aliphatic rings. The maximum atomic E-state index is 6.52. The third-order valence-electron chi connectivity index (χ3n) is 27.6. The summed E-state index contributed by atoms with van der Waals surface area (Å²) in [5, 5.41) is 30.5. The van der Waals surface area contributed by atoms with Crippen molar-refractivity contribution in [2.24, 2.45) is 0 Å². The van der Waals surface area contributed by atoms with Gasteiger partial charge in [0.25, 0.3) is 26.9 Å². The molecule has 0 spiro atoms. The van der Waals surface area contributed by atoms with Crippen molar-refractivity contribution in [2.75, 3.05) is 0 Å². The molecule has 0 saturated carbocycles. The molecule has 4 aliphatic heterocycles. The number of nitrogens with zero attached hydrogens (tertiary/aromatic N) is 4. The first-order chi connectivity index (χ1) is 56.5. The molecular formula is C108H80N4O4+4. The van der Waals surface area contributed by atoms with Gasteiger partial charge in [-0.15, -0.1) is 0 Å². The molecular weight excluding hydrogens is 1420 g/mol. The van der Waals surface area contributed by atoms with Gasteiger partial charge in [-0.2, -0.15) is 18.3 Å². The Morgan fingerprint density at radius 3 is 0.810 bits per heavy atom. The third-order valence-corrected chi connectivity index (χ3v) is 27.6. The summed E-state index contributed by atoms with van der Waals surface area (Å²) in [7, 11) is 0. The van der Waals surface area contributed by atoms with Gasteiger partial charge in [0, 0.05) is 87.7 Å². The highest BCUT2D eigenvalue weighted by Crippen LogP contribution is 2.61. The summed E-state index contributed by atoms with van der Waals surface area (Å²) >= 11 is 0. The van der Waals surface area contributed by atoms with Crippen molar-refractivity contribution in [2.45, 2.75) is 104 Å². The van der Waals surface area contributed by atoms with Crippen LogP contribution in [-0.2, 0) is 48.6 Å². The summed E-state index contributed by atoms with van der Waals surface area (Å²) in [4.78, 5) is 0. The van der Waals surface area contributed by atoms with Gasteiger partial charge in [-0.1, -0.05) is 213 Å². The van der Waals surface area contributed by atoms with Gasteiger partial charge in [0.2, 0.25) is 22.8 Å². The van der Waals surface area contributed by atoms with Crippen molar-refractivity contribution in [3.8, 4) is 68.0 Å². The smallest absolute Gasteiger partial charge is 0.292 e. The number of pyridine rings is 4. The molecule has 0 N–H and O–H groups in total. The Kier molecular flexibility index (Phi) is 13.1. The largest absolute Gasteiger partial charge is 0.434 e. The summed E-state index contributed by atoms with van der Waals surface area (Å²) in [6.07, 6.45) is 8.89. The summed E-state index contributed by atoms with van der Waals surface area (Å²) in [5.74, 6) is 4.19. The van der Waals surface area contributed by atoms with Gasteiger partial charge in [0.15, 0.2) is 24.8 Å². The highest BCUT2D eigenvalue weighted by atomic mass is 16.5. The van der Waals surface area contributed by atoms with E-state index in [1.807, 2.05) is 0 Å². The van der Waals surface area contributed by atoms with E-state index in [4.69, 9.17) is 18.9 Å². The van der Waals surface area contributed by atoms with Crippen LogP contribution in [0, 0.1) is 0 Å². The molecule has 16 aromatic carbocycles. The predicted octanol–water partition coefficient (Wildman–Crippen LogP) is 24.4. The second-order valence-corrected chi connectivity index (χ2v) is 35.5. The van der Waals surface area contributed by atoms with E-state index in [0.717, 1.165) is 23.0 Å². The summed E-state index contributed by atoms with van der Waals surface area (Å²) in [5.41, 5.74) is 21.3. The van der Waals surface area contributed by atoms with Crippen LogP contribution < -0.4 is 37.2 Å². The van der Waals surface area contributed by atoms with Crippen molar-refractivity contribution >= 4 is 129 Å². The van der Waals surface area contributed by atoms with Gasteiger partial charge in [-0.25, -0.2) is 0 Å². The minimum atomic E-state index is -0.114. The minimum absolute atomic E-state index is 0.00401. The normalized spacial score (nSPS) is 15.7. The lowest BCUT2D eigenvalue weighted by molar-refractivity contribution is -0.717. The Balaban J connectivity index is 0.0000000870. The average molecular weight is 1500 g/mol. The van der Waals surface area contributed by atoms with Crippen LogP contribution in [0.1, 0.15) is 99.9 Å². The number of hydrogen-bond acceptors (Lipinski definition) is 4. The van der Waals surface area contributed by atoms with Crippen LogP contribution in [0.5, 0.6) is 23.0 Å². The fourth-order valence-corrected chi connectivity index (χ4v) is 22.0. The quantitative estimate of drug-likeness (QED) is 0.112. The van der Waals surface area contributed by atoms with E-state index >= 15 is 0 Å². The number of hydrogen-bond donors (Lipinski definition) is 0. The van der Waals surface area contributed by atoms with E-state index in [0.29, 0.717) is 26.9 Å². The molecule has 20 aromatic rings. The van der Waals surface area contributed by atoms with Crippen molar-refractivity contribution < 1.29 is 37.2 Å². The summed E-state index contributed by atoms with van der Waals surface area (Å²) in [6, 6.07) is 97.6. The van der Waals surface area contributed by atoms with Crippen LogP contribution in [0.15, 0.2) is 292 Å². The van der Waals surface area contributed by atoms with Crippen molar-refractivity contribution in [3.63, 3.8) is 0 Å². The number of benzene rings is 16. The Hall–Kier alpha value is -13.6. The second kappa shape index (κ2) is 23.1. The van der Waals surface area contributed by atoms with Crippen molar-refractivity contribution in [3.05, 3.63) is 336 Å². The lowest BCUT2D eigenvalue weighted by Crippen LogP contribution is -2.42. The monoisotopic (exact) mass is 1500 g/mol. The molecule has 0 atom stereocenters. The minimum Gasteiger partial charge on any atom is -0.434 e. The lowest BCUT2D eigenvalue weighted by atomic mass is 9.80. The Bertz CT molecular complexity index is 7750. The van der Waals surface area contributed by atoms with E-state index in [1.165, 1.54) is 219 Å². The standard InChI is InChI=1S/C31H22NO.2C27H20NO.C23H18NO/c1-31(2)26-15-22-11-18-7-3-6-10-21(18)14-25(22)30-27(26)29-28(31)24-13-20-9-5-4-8-19(20)12-23(24)16-32(29)17-33-30;2*1-27(2)22-13-19-11-16-7-3-4-8-17(16)12-21(19)26-23(22)25-24(27)20-10-6-5-9-18(20)14-28(25)15-29-26;1-23(2)18-8-5-9-24-13-25-22-17-11-15-7-4-3-6-14(15)10-16(17)12-19(23)20(22)21(18)24/h3-16H,17H2,1-2H3;2*3-14H,15H2,1-2H3;3-12H,13H2,1-2H3/q4*+1. The SMILES string of the molecule is CC1(C)c2cc3cc4ccccc4cc3c3c2-c2c1c1cc4ccccc4cc1c[n+]2CO3.CC1(C)c2cc3cc4ccccc4cc3c3c2-c2c1c1ccccc1c[n+]2CO3.CC1(C)c2cc3cc4ccccc4cc3c3c2-c2c1c1ccccc1c[n+]2CO3.CC1(C)c2cc3cc4ccccc4cc3c3c2-c2c1ccc[n+]2CO3. The number of ether oxygens (including phenoxy) is 4. The van der Waals surface area contributed by atoms with E-state index < -0.39 is 0 Å². The molecule has 0 bridgehead atoms. The molecule has 0 fully saturated rings. The van der Waals surface area contributed by atoms with Crippen LogP contribution in [-0.4, -0.2) is 0 Å². The highest BCUT2D eigenvalue weighted by molar-refractivity contribution is 6.13. The van der Waals surface area contributed by atoms with E-state index in [9.17, 15) is 0 Å². The first-order valence-corrected chi connectivity index (χ1v) is 40.9. The number of aromatic nitrogens is 4. The first kappa shape index (κ1) is 65.9. The average Bonchev–Trinajstić information content (AvgIpc) is 1.54. The van der Waals surface area contributed by atoms with Gasteiger partial charge in [0.05, 0.1) is 22.3 Å². The summed E-state index contributed by atoms with van der Waals surface area (Å²) in [6.45, 7) is 21.1. The van der Waals surface area contributed by atoms with Gasteiger partial charge in [-0.3, -0.25) is 0 Å². The predicted molar refractivity (Wildman–Crippen MR) is 469 cm³/mol. The van der Waals surface area contributed by atoms with Crippen LogP contribution in [0.3, 0.4) is 0 Å². The molecule has 0 saturated heterocycles. The van der Waals surface area contributed by atoms with Gasteiger partial charge < -0.3 is 18.9 Å². The molecule has 552 valence electrons. The Morgan fingerprint density at radius 1 is 0.207 bits per heavy atom.